The van der Waals surface area contributed by atoms with Gasteiger partial charge in [0.2, 0.25) is 5.95 Å². The maximum absolute atomic E-state index is 14.1. The van der Waals surface area contributed by atoms with Gasteiger partial charge in [-0.1, -0.05) is 30.0 Å². The maximum Gasteiger partial charge on any atom is 0.410 e. The van der Waals surface area contributed by atoms with Crippen LogP contribution in [0.5, 0.6) is 0 Å². The second-order valence-corrected chi connectivity index (χ2v) is 7.34. The third-order valence-electron chi connectivity index (χ3n) is 4.83. The number of benzene rings is 1. The molecule has 1 aromatic carbocycles. The lowest BCUT2D eigenvalue weighted by molar-refractivity contribution is 0.200. The van der Waals surface area contributed by atoms with Crippen LogP contribution in [0.25, 0.3) is 11.1 Å². The quantitative estimate of drug-likeness (QED) is 0.706. The molecular formula is C18H17FN4O2S. The molecule has 3 heterocycles. The number of hydrogen-bond acceptors (Lipinski definition) is 5. The molecule has 4 rings (SSSR count). The first-order valence-electron chi connectivity index (χ1n) is 8.23. The zero-order chi connectivity index (χ0) is 18.1. The molecule has 26 heavy (non-hydrogen) atoms. The van der Waals surface area contributed by atoms with Gasteiger partial charge < -0.3 is 10.4 Å². The van der Waals surface area contributed by atoms with E-state index in [1.807, 2.05) is 24.3 Å². The van der Waals surface area contributed by atoms with E-state index in [0.717, 1.165) is 23.4 Å². The van der Waals surface area contributed by atoms with Crippen LogP contribution in [0.2, 0.25) is 0 Å². The van der Waals surface area contributed by atoms with Gasteiger partial charge in [-0.25, -0.2) is 14.8 Å². The molecule has 2 aromatic rings. The van der Waals surface area contributed by atoms with Gasteiger partial charge >= 0.3 is 6.09 Å². The minimum absolute atomic E-state index is 0.237. The fourth-order valence-electron chi connectivity index (χ4n) is 3.59. The number of aromatic nitrogens is 1. The topological polar surface area (TPSA) is 86.6 Å². The van der Waals surface area contributed by atoms with Gasteiger partial charge in [0.25, 0.3) is 0 Å². The number of halogens is 1. The summed E-state index contributed by atoms with van der Waals surface area (Å²) in [6.45, 7) is 1.42. The first kappa shape index (κ1) is 17.0. The second-order valence-electron chi connectivity index (χ2n) is 6.33. The number of amides is 1. The Hall–Kier alpha value is -2.45. The van der Waals surface area contributed by atoms with Gasteiger partial charge in [-0.2, -0.15) is 4.39 Å². The number of thioether (sulfide) groups is 1. The summed E-state index contributed by atoms with van der Waals surface area (Å²) < 4.78 is 14.1. The molecule has 2 aliphatic heterocycles. The molecule has 8 heteroatoms. The lowest BCUT2D eigenvalue weighted by Crippen LogP contribution is -2.42. The normalized spacial score (nSPS) is 24.7. The van der Waals surface area contributed by atoms with Gasteiger partial charge in [-0.3, -0.25) is 5.32 Å². The summed E-state index contributed by atoms with van der Waals surface area (Å²) in [5, 5.41) is 15.2. The van der Waals surface area contributed by atoms with Crippen LogP contribution in [-0.4, -0.2) is 40.2 Å². The SMILES string of the molecule is O=C(O)NC1=NC2(c3cccc(-c4cccnc4F)c3)CNCC2CS1. The van der Waals surface area contributed by atoms with E-state index in [9.17, 15) is 9.18 Å². The third kappa shape index (κ3) is 2.95. The lowest BCUT2D eigenvalue weighted by atomic mass is 9.81. The number of fused-ring (bicyclic) bond motifs is 1. The van der Waals surface area contributed by atoms with Crippen LogP contribution in [0.4, 0.5) is 9.18 Å². The Bertz CT molecular complexity index is 891. The molecule has 1 fully saturated rings. The molecule has 0 saturated carbocycles. The van der Waals surface area contributed by atoms with Crippen molar-refractivity contribution in [3.8, 4) is 11.1 Å². The summed E-state index contributed by atoms with van der Waals surface area (Å²) in [5.41, 5.74) is 1.55. The van der Waals surface area contributed by atoms with Crippen molar-refractivity contribution in [2.45, 2.75) is 5.54 Å². The third-order valence-corrected chi connectivity index (χ3v) is 5.87. The molecule has 0 aliphatic carbocycles. The predicted octanol–water partition coefficient (Wildman–Crippen LogP) is 2.67. The van der Waals surface area contributed by atoms with Crippen molar-refractivity contribution in [1.82, 2.24) is 15.6 Å². The first-order chi connectivity index (χ1) is 12.6. The van der Waals surface area contributed by atoms with Crippen LogP contribution in [-0.2, 0) is 5.54 Å². The van der Waals surface area contributed by atoms with Crippen LogP contribution in [0.3, 0.4) is 0 Å². The Morgan fingerprint density at radius 2 is 2.27 bits per heavy atom. The smallest absolute Gasteiger partial charge is 0.410 e. The Morgan fingerprint density at radius 3 is 3.08 bits per heavy atom. The van der Waals surface area contributed by atoms with Crippen LogP contribution >= 0.6 is 11.8 Å². The summed E-state index contributed by atoms with van der Waals surface area (Å²) in [7, 11) is 0. The lowest BCUT2D eigenvalue weighted by Gasteiger charge is -2.35. The van der Waals surface area contributed by atoms with E-state index in [1.165, 1.54) is 18.0 Å². The van der Waals surface area contributed by atoms with Crippen molar-refractivity contribution < 1.29 is 14.3 Å². The number of carbonyl (C=O) groups is 1. The molecule has 3 N–H and O–H groups in total. The number of aliphatic imine (C=N–C) groups is 1. The van der Waals surface area contributed by atoms with Crippen LogP contribution in [0, 0.1) is 11.9 Å². The molecule has 134 valence electrons. The molecule has 0 bridgehead atoms. The fraction of sp³-hybridized carbons (Fsp3) is 0.278. The maximum atomic E-state index is 14.1. The second kappa shape index (κ2) is 6.69. The van der Waals surface area contributed by atoms with Crippen LogP contribution in [0.15, 0.2) is 47.6 Å². The highest BCUT2D eigenvalue weighted by Gasteiger charge is 2.47. The van der Waals surface area contributed by atoms with Gasteiger partial charge in [-0.05, 0) is 29.3 Å². The molecule has 1 amide bonds. The molecule has 2 atom stereocenters. The minimum atomic E-state index is -1.12. The average Bonchev–Trinajstić information content (AvgIpc) is 3.06. The van der Waals surface area contributed by atoms with Crippen molar-refractivity contribution in [3.63, 3.8) is 0 Å². The van der Waals surface area contributed by atoms with Gasteiger partial charge in [-0.15, -0.1) is 0 Å². The van der Waals surface area contributed by atoms with E-state index in [2.05, 4.69) is 15.6 Å². The molecule has 2 unspecified atom stereocenters. The van der Waals surface area contributed by atoms with E-state index in [1.54, 1.807) is 12.1 Å². The Balaban J connectivity index is 1.79. The van der Waals surface area contributed by atoms with Crippen molar-refractivity contribution in [2.75, 3.05) is 18.8 Å². The number of rotatable bonds is 2. The number of amidine groups is 1. The Morgan fingerprint density at radius 1 is 1.38 bits per heavy atom. The number of hydrogen-bond donors (Lipinski definition) is 3. The molecule has 6 nitrogen and oxygen atoms in total. The minimum Gasteiger partial charge on any atom is -0.465 e. The molecule has 0 radical (unpaired) electrons. The largest absolute Gasteiger partial charge is 0.465 e. The highest BCUT2D eigenvalue weighted by atomic mass is 32.2. The zero-order valence-corrected chi connectivity index (χ0v) is 14.6. The Kier molecular flexibility index (Phi) is 4.37. The van der Waals surface area contributed by atoms with E-state index >= 15 is 0 Å². The van der Waals surface area contributed by atoms with E-state index in [4.69, 9.17) is 10.1 Å². The summed E-state index contributed by atoms with van der Waals surface area (Å²) in [6.07, 6.45) is 0.298. The van der Waals surface area contributed by atoms with Crippen molar-refractivity contribution in [3.05, 3.63) is 54.1 Å². The zero-order valence-electron chi connectivity index (χ0n) is 13.8. The van der Waals surface area contributed by atoms with Crippen molar-refractivity contribution >= 4 is 23.0 Å². The van der Waals surface area contributed by atoms with E-state index in [-0.39, 0.29) is 5.92 Å². The van der Waals surface area contributed by atoms with Crippen LogP contribution < -0.4 is 10.6 Å². The molecule has 0 spiro atoms. The van der Waals surface area contributed by atoms with Gasteiger partial charge in [0.15, 0.2) is 5.17 Å². The number of pyridine rings is 1. The summed E-state index contributed by atoms with van der Waals surface area (Å²) in [4.78, 5) is 19.5. The molecule has 2 aliphatic rings. The highest BCUT2D eigenvalue weighted by molar-refractivity contribution is 8.13. The molecule has 1 aromatic heterocycles. The van der Waals surface area contributed by atoms with Gasteiger partial charge in [0.1, 0.15) is 5.54 Å². The van der Waals surface area contributed by atoms with Gasteiger partial charge in [0.05, 0.1) is 0 Å². The highest BCUT2D eigenvalue weighted by Crippen LogP contribution is 2.43. The average molecular weight is 372 g/mol. The fourth-order valence-corrected chi connectivity index (χ4v) is 4.73. The molecule has 1 saturated heterocycles. The monoisotopic (exact) mass is 372 g/mol. The molecular weight excluding hydrogens is 355 g/mol. The summed E-state index contributed by atoms with van der Waals surface area (Å²) >= 11 is 1.41. The number of carboxylic acid groups (broad SMARTS) is 1. The van der Waals surface area contributed by atoms with Crippen molar-refractivity contribution in [2.24, 2.45) is 10.9 Å². The first-order valence-corrected chi connectivity index (χ1v) is 9.22. The van der Waals surface area contributed by atoms with Gasteiger partial charge in [0, 0.05) is 36.5 Å². The predicted molar refractivity (Wildman–Crippen MR) is 98.7 cm³/mol. The van der Waals surface area contributed by atoms with E-state index in [0.29, 0.717) is 17.3 Å². The van der Waals surface area contributed by atoms with E-state index < -0.39 is 17.6 Å². The van der Waals surface area contributed by atoms with Crippen LogP contribution in [0.1, 0.15) is 5.56 Å². The standard InChI is InChI=1S/C18H17FN4O2S/c19-15-14(5-2-6-21-15)11-3-1-4-12(7-11)18-10-20-8-13(18)9-26-16(23-18)22-17(24)25/h1-7,13,20H,8-10H2,(H,22,23)(H,24,25). The Labute approximate surface area is 153 Å². The number of nitrogens with zero attached hydrogens (tertiary/aromatic N) is 2. The summed E-state index contributed by atoms with van der Waals surface area (Å²) in [5.74, 6) is 0.484. The summed E-state index contributed by atoms with van der Waals surface area (Å²) in [6, 6.07) is 11.0. The van der Waals surface area contributed by atoms with Crippen molar-refractivity contribution in [1.29, 1.82) is 0 Å². The number of nitrogens with one attached hydrogen (secondary N) is 2.